The van der Waals surface area contributed by atoms with Crippen LogP contribution in [0.2, 0.25) is 0 Å². The molecule has 2 aliphatic rings. The Bertz CT molecular complexity index is 251. The number of hydrogen-bond donors (Lipinski definition) is 1. The first kappa shape index (κ1) is 12.9. The van der Waals surface area contributed by atoms with E-state index < -0.39 is 0 Å². The van der Waals surface area contributed by atoms with Crippen LogP contribution in [0, 0.1) is 11.8 Å². The first-order valence-electron chi connectivity index (χ1n) is 7.25. The van der Waals surface area contributed by atoms with Crippen LogP contribution in [0.15, 0.2) is 0 Å². The fraction of sp³-hybridized carbons (Fsp3) is 0.929. The van der Waals surface area contributed by atoms with E-state index in [4.69, 9.17) is 5.73 Å². The van der Waals surface area contributed by atoms with Gasteiger partial charge in [-0.3, -0.25) is 4.79 Å². The van der Waals surface area contributed by atoms with E-state index in [2.05, 4.69) is 11.8 Å². The summed E-state index contributed by atoms with van der Waals surface area (Å²) in [6.45, 7) is 4.03. The van der Waals surface area contributed by atoms with Crippen LogP contribution in [0.25, 0.3) is 0 Å². The fourth-order valence-electron chi connectivity index (χ4n) is 3.20. The number of rotatable bonds is 2. The van der Waals surface area contributed by atoms with E-state index in [-0.39, 0.29) is 0 Å². The number of carbonyl (C=O) groups is 1. The molecule has 0 aromatic rings. The molecule has 1 heterocycles. The summed E-state index contributed by atoms with van der Waals surface area (Å²) in [4.78, 5) is 14.4. The standard InChI is InChI=1S/C14H26N2O/c1-2-11-3-5-12(6-4-11)14(17)16-9-7-13(15)8-10-16/h11-13H,2-10,15H2,1H3. The molecule has 17 heavy (non-hydrogen) atoms. The van der Waals surface area contributed by atoms with Crippen molar-refractivity contribution in [1.82, 2.24) is 4.90 Å². The average Bonchev–Trinajstić information content (AvgIpc) is 2.39. The normalized spacial score (nSPS) is 31.5. The summed E-state index contributed by atoms with van der Waals surface area (Å²) in [7, 11) is 0. The first-order chi connectivity index (χ1) is 8.20. The average molecular weight is 238 g/mol. The third kappa shape index (κ3) is 3.21. The lowest BCUT2D eigenvalue weighted by Gasteiger charge is -2.35. The lowest BCUT2D eigenvalue weighted by Crippen LogP contribution is -2.45. The number of amides is 1. The van der Waals surface area contributed by atoms with Crippen LogP contribution >= 0.6 is 0 Å². The van der Waals surface area contributed by atoms with E-state index in [1.807, 2.05) is 0 Å². The quantitative estimate of drug-likeness (QED) is 0.801. The molecule has 1 saturated heterocycles. The zero-order valence-corrected chi connectivity index (χ0v) is 11.0. The van der Waals surface area contributed by atoms with Crippen molar-refractivity contribution in [3.63, 3.8) is 0 Å². The molecule has 0 aromatic carbocycles. The highest BCUT2D eigenvalue weighted by Gasteiger charge is 2.30. The Labute approximate surface area is 105 Å². The molecule has 0 bridgehead atoms. The molecule has 1 aliphatic heterocycles. The van der Waals surface area contributed by atoms with Crippen LogP contribution in [0.3, 0.4) is 0 Å². The largest absolute Gasteiger partial charge is 0.342 e. The Hall–Kier alpha value is -0.570. The van der Waals surface area contributed by atoms with E-state index in [0.717, 1.165) is 44.7 Å². The van der Waals surface area contributed by atoms with E-state index in [1.54, 1.807) is 0 Å². The first-order valence-corrected chi connectivity index (χ1v) is 7.25. The molecule has 1 saturated carbocycles. The van der Waals surface area contributed by atoms with E-state index in [0.29, 0.717) is 17.9 Å². The SMILES string of the molecule is CCC1CCC(C(=O)N2CCC(N)CC2)CC1. The highest BCUT2D eigenvalue weighted by molar-refractivity contribution is 5.79. The van der Waals surface area contributed by atoms with Gasteiger partial charge in [-0.05, 0) is 44.4 Å². The van der Waals surface area contributed by atoms with Gasteiger partial charge in [-0.2, -0.15) is 0 Å². The van der Waals surface area contributed by atoms with Gasteiger partial charge in [0.15, 0.2) is 0 Å². The van der Waals surface area contributed by atoms with Crippen molar-refractivity contribution in [1.29, 1.82) is 0 Å². The lowest BCUT2D eigenvalue weighted by molar-refractivity contribution is -0.137. The maximum atomic E-state index is 12.3. The third-order valence-electron chi connectivity index (χ3n) is 4.62. The van der Waals surface area contributed by atoms with Gasteiger partial charge in [0, 0.05) is 25.0 Å². The van der Waals surface area contributed by atoms with Crippen molar-refractivity contribution in [2.75, 3.05) is 13.1 Å². The second-order valence-corrected chi connectivity index (χ2v) is 5.79. The molecule has 0 atom stereocenters. The summed E-state index contributed by atoms with van der Waals surface area (Å²) < 4.78 is 0. The molecule has 2 fully saturated rings. The lowest BCUT2D eigenvalue weighted by atomic mass is 9.80. The van der Waals surface area contributed by atoms with Crippen LogP contribution in [0.4, 0.5) is 0 Å². The Kier molecular flexibility index (Phi) is 4.43. The molecular formula is C14H26N2O. The Morgan fingerprint density at radius 1 is 1.12 bits per heavy atom. The van der Waals surface area contributed by atoms with Gasteiger partial charge in [0.05, 0.1) is 0 Å². The van der Waals surface area contributed by atoms with Gasteiger partial charge < -0.3 is 10.6 Å². The van der Waals surface area contributed by atoms with Gasteiger partial charge in [-0.15, -0.1) is 0 Å². The monoisotopic (exact) mass is 238 g/mol. The van der Waals surface area contributed by atoms with Crippen molar-refractivity contribution < 1.29 is 4.79 Å². The van der Waals surface area contributed by atoms with Crippen LogP contribution in [-0.2, 0) is 4.79 Å². The molecule has 2 rings (SSSR count). The predicted molar refractivity (Wildman–Crippen MR) is 69.5 cm³/mol. The number of nitrogens with zero attached hydrogens (tertiary/aromatic N) is 1. The molecule has 0 unspecified atom stereocenters. The topological polar surface area (TPSA) is 46.3 Å². The number of nitrogens with two attached hydrogens (primary N) is 1. The molecule has 0 aromatic heterocycles. The number of carbonyl (C=O) groups excluding carboxylic acids is 1. The Balaban J connectivity index is 1.80. The molecule has 0 radical (unpaired) electrons. The molecule has 98 valence electrons. The molecule has 0 spiro atoms. The van der Waals surface area contributed by atoms with E-state index in [1.165, 1.54) is 19.3 Å². The number of hydrogen-bond acceptors (Lipinski definition) is 2. The summed E-state index contributed by atoms with van der Waals surface area (Å²) in [5.41, 5.74) is 5.87. The van der Waals surface area contributed by atoms with Crippen LogP contribution in [-0.4, -0.2) is 29.9 Å². The zero-order valence-electron chi connectivity index (χ0n) is 11.0. The molecule has 1 aliphatic carbocycles. The van der Waals surface area contributed by atoms with Crippen LogP contribution in [0.5, 0.6) is 0 Å². The van der Waals surface area contributed by atoms with Gasteiger partial charge >= 0.3 is 0 Å². The second-order valence-electron chi connectivity index (χ2n) is 5.79. The van der Waals surface area contributed by atoms with Crippen molar-refractivity contribution >= 4 is 5.91 Å². The molecular weight excluding hydrogens is 212 g/mol. The molecule has 2 N–H and O–H groups in total. The third-order valence-corrected chi connectivity index (χ3v) is 4.62. The highest BCUT2D eigenvalue weighted by Crippen LogP contribution is 2.32. The minimum absolute atomic E-state index is 0.312. The maximum Gasteiger partial charge on any atom is 0.225 e. The fourth-order valence-corrected chi connectivity index (χ4v) is 3.20. The summed E-state index contributed by atoms with van der Waals surface area (Å²) >= 11 is 0. The predicted octanol–water partition coefficient (Wildman–Crippen LogP) is 2.15. The minimum Gasteiger partial charge on any atom is -0.342 e. The molecule has 3 heteroatoms. The van der Waals surface area contributed by atoms with Crippen LogP contribution < -0.4 is 5.73 Å². The van der Waals surface area contributed by atoms with Crippen LogP contribution in [0.1, 0.15) is 51.9 Å². The van der Waals surface area contributed by atoms with Gasteiger partial charge in [-0.25, -0.2) is 0 Å². The van der Waals surface area contributed by atoms with Crippen molar-refractivity contribution in [2.24, 2.45) is 17.6 Å². The van der Waals surface area contributed by atoms with E-state index >= 15 is 0 Å². The smallest absolute Gasteiger partial charge is 0.225 e. The van der Waals surface area contributed by atoms with Gasteiger partial charge in [0.2, 0.25) is 5.91 Å². The Morgan fingerprint density at radius 3 is 2.24 bits per heavy atom. The maximum absolute atomic E-state index is 12.3. The number of likely N-dealkylation sites (tertiary alicyclic amines) is 1. The van der Waals surface area contributed by atoms with Gasteiger partial charge in [0.25, 0.3) is 0 Å². The van der Waals surface area contributed by atoms with Crippen molar-refractivity contribution in [3.05, 3.63) is 0 Å². The minimum atomic E-state index is 0.312. The summed E-state index contributed by atoms with van der Waals surface area (Å²) in [6.07, 6.45) is 7.96. The Morgan fingerprint density at radius 2 is 1.71 bits per heavy atom. The summed E-state index contributed by atoms with van der Waals surface area (Å²) in [5, 5.41) is 0. The van der Waals surface area contributed by atoms with Gasteiger partial charge in [-0.1, -0.05) is 13.3 Å². The van der Waals surface area contributed by atoms with Crippen molar-refractivity contribution in [3.8, 4) is 0 Å². The molecule has 1 amide bonds. The van der Waals surface area contributed by atoms with Gasteiger partial charge in [0.1, 0.15) is 0 Å². The van der Waals surface area contributed by atoms with E-state index in [9.17, 15) is 4.79 Å². The highest BCUT2D eigenvalue weighted by atomic mass is 16.2. The summed E-state index contributed by atoms with van der Waals surface area (Å²) in [5.74, 6) is 1.59. The second kappa shape index (κ2) is 5.85. The zero-order chi connectivity index (χ0) is 12.3. The van der Waals surface area contributed by atoms with Crippen molar-refractivity contribution in [2.45, 2.75) is 57.9 Å². The molecule has 3 nitrogen and oxygen atoms in total. The number of piperidine rings is 1. The summed E-state index contributed by atoms with van der Waals surface area (Å²) in [6, 6.07) is 0.315.